The highest BCUT2D eigenvalue weighted by Gasteiger charge is 2.32. The lowest BCUT2D eigenvalue weighted by Gasteiger charge is -2.30. The number of esters is 1. The lowest BCUT2D eigenvalue weighted by Crippen LogP contribution is -2.41. The third kappa shape index (κ3) is 5.03. The van der Waals surface area contributed by atoms with Crippen molar-refractivity contribution >= 4 is 27.6 Å². The first-order valence-corrected chi connectivity index (χ1v) is 11.5. The summed E-state index contributed by atoms with van der Waals surface area (Å²) in [6.45, 7) is 0.442. The Labute approximate surface area is 187 Å². The van der Waals surface area contributed by atoms with E-state index in [0.29, 0.717) is 30.0 Å². The van der Waals surface area contributed by atoms with E-state index in [1.54, 1.807) is 24.3 Å². The van der Waals surface area contributed by atoms with Crippen LogP contribution in [0.4, 0.5) is 5.69 Å². The number of methoxy groups -OCH3 is 3. The van der Waals surface area contributed by atoms with Crippen LogP contribution in [0.25, 0.3) is 0 Å². The summed E-state index contributed by atoms with van der Waals surface area (Å²) in [5.41, 5.74) is 0.496. The molecule has 1 fully saturated rings. The molecule has 1 heterocycles. The number of nitrogens with one attached hydrogen (secondary N) is 1. The average molecular weight is 463 g/mol. The molecule has 32 heavy (non-hydrogen) atoms. The summed E-state index contributed by atoms with van der Waals surface area (Å²) in [7, 11) is 0.591. The minimum Gasteiger partial charge on any atom is -0.497 e. The van der Waals surface area contributed by atoms with Crippen LogP contribution in [0.5, 0.6) is 11.5 Å². The number of benzene rings is 2. The molecule has 2 aromatic carbocycles. The molecule has 1 N–H and O–H groups in total. The summed E-state index contributed by atoms with van der Waals surface area (Å²) in [6, 6.07) is 10.9. The fourth-order valence-corrected chi connectivity index (χ4v) is 5.00. The van der Waals surface area contributed by atoms with Gasteiger partial charge in [0.15, 0.2) is 0 Å². The van der Waals surface area contributed by atoms with Crippen molar-refractivity contribution in [2.75, 3.05) is 39.7 Å². The van der Waals surface area contributed by atoms with E-state index in [4.69, 9.17) is 14.2 Å². The van der Waals surface area contributed by atoms with Crippen molar-refractivity contribution < 1.29 is 32.2 Å². The zero-order valence-corrected chi connectivity index (χ0v) is 19.0. The Morgan fingerprint density at radius 1 is 0.938 bits per heavy atom. The van der Waals surface area contributed by atoms with E-state index in [-0.39, 0.29) is 35.4 Å². The number of anilines is 1. The van der Waals surface area contributed by atoms with Crippen molar-refractivity contribution in [2.45, 2.75) is 17.7 Å². The number of hydrogen-bond acceptors (Lipinski definition) is 7. The number of carbonyl (C=O) groups is 2. The van der Waals surface area contributed by atoms with E-state index < -0.39 is 16.0 Å². The van der Waals surface area contributed by atoms with Gasteiger partial charge >= 0.3 is 5.97 Å². The van der Waals surface area contributed by atoms with E-state index in [1.807, 2.05) is 0 Å². The van der Waals surface area contributed by atoms with E-state index in [9.17, 15) is 18.0 Å². The predicted molar refractivity (Wildman–Crippen MR) is 117 cm³/mol. The highest BCUT2D eigenvalue weighted by Crippen LogP contribution is 2.28. The van der Waals surface area contributed by atoms with E-state index in [1.165, 1.54) is 43.8 Å². The molecule has 3 rings (SSSR count). The standard InChI is InChI=1S/C22H26N2O7S/c1-29-16-4-7-18(8-5-16)32(27,28)24-12-10-15(11-13-24)21(25)23-20-9-6-17(30-2)14-19(20)22(26)31-3/h4-9,14-15H,10-13H2,1-3H3,(H,23,25). The molecular formula is C22H26N2O7S. The summed E-state index contributed by atoms with van der Waals surface area (Å²) in [5, 5.41) is 2.77. The van der Waals surface area contributed by atoms with Crippen molar-refractivity contribution in [1.82, 2.24) is 4.31 Å². The van der Waals surface area contributed by atoms with Gasteiger partial charge in [0.25, 0.3) is 0 Å². The highest BCUT2D eigenvalue weighted by atomic mass is 32.2. The Morgan fingerprint density at radius 3 is 2.09 bits per heavy atom. The molecule has 2 aromatic rings. The van der Waals surface area contributed by atoms with Crippen LogP contribution in [0.3, 0.4) is 0 Å². The van der Waals surface area contributed by atoms with Gasteiger partial charge in [-0.2, -0.15) is 4.31 Å². The molecule has 0 radical (unpaired) electrons. The van der Waals surface area contributed by atoms with E-state index in [2.05, 4.69) is 5.32 Å². The normalized spacial score (nSPS) is 15.1. The third-order valence-corrected chi connectivity index (χ3v) is 7.32. The number of rotatable bonds is 7. The molecule has 0 unspecified atom stereocenters. The minimum atomic E-state index is -3.65. The number of carbonyl (C=O) groups excluding carboxylic acids is 2. The number of sulfonamides is 1. The van der Waals surface area contributed by atoms with Crippen molar-refractivity contribution in [3.05, 3.63) is 48.0 Å². The molecule has 1 aliphatic rings. The summed E-state index contributed by atoms with van der Waals surface area (Å²) in [5.74, 6) is -0.226. The quantitative estimate of drug-likeness (QED) is 0.630. The fourth-order valence-electron chi connectivity index (χ4n) is 3.53. The summed E-state index contributed by atoms with van der Waals surface area (Å²) < 4.78 is 42.1. The van der Waals surface area contributed by atoms with Crippen molar-refractivity contribution in [1.29, 1.82) is 0 Å². The van der Waals surface area contributed by atoms with Crippen LogP contribution in [-0.4, -0.2) is 59.0 Å². The predicted octanol–water partition coefficient (Wildman–Crippen LogP) is 2.53. The smallest absolute Gasteiger partial charge is 0.340 e. The maximum absolute atomic E-state index is 12.9. The molecule has 0 atom stereocenters. The number of ether oxygens (including phenoxy) is 3. The molecule has 1 saturated heterocycles. The minimum absolute atomic E-state index is 0.180. The monoisotopic (exact) mass is 462 g/mol. The van der Waals surface area contributed by atoms with Gasteiger partial charge in [-0.3, -0.25) is 4.79 Å². The summed E-state index contributed by atoms with van der Waals surface area (Å²) in [6.07, 6.45) is 0.732. The number of piperidine rings is 1. The maximum atomic E-state index is 12.9. The molecule has 172 valence electrons. The van der Waals surface area contributed by atoms with Gasteiger partial charge in [0.1, 0.15) is 11.5 Å². The van der Waals surface area contributed by atoms with Crippen LogP contribution < -0.4 is 14.8 Å². The van der Waals surface area contributed by atoms with Crippen LogP contribution >= 0.6 is 0 Å². The van der Waals surface area contributed by atoms with Gasteiger partial charge in [-0.05, 0) is 55.3 Å². The Bertz CT molecular complexity index is 1080. The maximum Gasteiger partial charge on any atom is 0.340 e. The summed E-state index contributed by atoms with van der Waals surface area (Å²) in [4.78, 5) is 25.1. The number of hydrogen-bond donors (Lipinski definition) is 1. The Balaban J connectivity index is 1.66. The van der Waals surface area contributed by atoms with Gasteiger partial charge in [0.05, 0.1) is 37.5 Å². The van der Waals surface area contributed by atoms with Crippen molar-refractivity contribution in [3.8, 4) is 11.5 Å². The van der Waals surface area contributed by atoms with Crippen LogP contribution in [-0.2, 0) is 19.6 Å². The molecule has 1 amide bonds. The van der Waals surface area contributed by atoms with Gasteiger partial charge in [-0.1, -0.05) is 0 Å². The van der Waals surface area contributed by atoms with Gasteiger partial charge in [0.2, 0.25) is 15.9 Å². The summed E-state index contributed by atoms with van der Waals surface area (Å²) >= 11 is 0. The Hall–Kier alpha value is -3.11. The third-order valence-electron chi connectivity index (χ3n) is 5.41. The van der Waals surface area contributed by atoms with Gasteiger partial charge in [0, 0.05) is 19.0 Å². The largest absolute Gasteiger partial charge is 0.497 e. The highest BCUT2D eigenvalue weighted by molar-refractivity contribution is 7.89. The number of nitrogens with zero attached hydrogens (tertiary/aromatic N) is 1. The molecule has 0 saturated carbocycles. The molecule has 10 heteroatoms. The lowest BCUT2D eigenvalue weighted by atomic mass is 9.97. The second kappa shape index (κ2) is 10.0. The van der Waals surface area contributed by atoms with E-state index in [0.717, 1.165) is 0 Å². The zero-order chi connectivity index (χ0) is 23.3. The second-order valence-corrected chi connectivity index (χ2v) is 9.18. The zero-order valence-electron chi connectivity index (χ0n) is 18.2. The average Bonchev–Trinajstić information content (AvgIpc) is 2.83. The first kappa shape index (κ1) is 23.6. The molecule has 0 aliphatic carbocycles. The van der Waals surface area contributed by atoms with Gasteiger partial charge in [-0.25, -0.2) is 13.2 Å². The van der Waals surface area contributed by atoms with Gasteiger partial charge < -0.3 is 19.5 Å². The molecule has 9 nitrogen and oxygen atoms in total. The van der Waals surface area contributed by atoms with E-state index >= 15 is 0 Å². The molecule has 1 aliphatic heterocycles. The molecular weight excluding hydrogens is 436 g/mol. The fraction of sp³-hybridized carbons (Fsp3) is 0.364. The van der Waals surface area contributed by atoms with Crippen LogP contribution in [0.15, 0.2) is 47.4 Å². The van der Waals surface area contributed by atoms with Gasteiger partial charge in [-0.15, -0.1) is 0 Å². The molecule has 0 aromatic heterocycles. The first-order chi connectivity index (χ1) is 15.3. The van der Waals surface area contributed by atoms with Crippen LogP contribution in [0.1, 0.15) is 23.2 Å². The topological polar surface area (TPSA) is 111 Å². The Kier molecular flexibility index (Phi) is 7.37. The lowest BCUT2D eigenvalue weighted by molar-refractivity contribution is -0.120. The first-order valence-electron chi connectivity index (χ1n) is 10.0. The van der Waals surface area contributed by atoms with Crippen LogP contribution in [0.2, 0.25) is 0 Å². The Morgan fingerprint density at radius 2 is 1.53 bits per heavy atom. The van der Waals surface area contributed by atoms with Crippen molar-refractivity contribution in [3.63, 3.8) is 0 Å². The molecule has 0 spiro atoms. The molecule has 0 bridgehead atoms. The second-order valence-electron chi connectivity index (χ2n) is 7.25. The SMILES string of the molecule is COC(=O)c1cc(OC)ccc1NC(=O)C1CCN(S(=O)(=O)c2ccc(OC)cc2)CC1. The van der Waals surface area contributed by atoms with Crippen molar-refractivity contribution in [2.24, 2.45) is 5.92 Å². The van der Waals surface area contributed by atoms with Crippen LogP contribution in [0, 0.1) is 5.92 Å². The number of amides is 1.